The molecule has 9 heterocycles. The summed E-state index contributed by atoms with van der Waals surface area (Å²) in [6.07, 6.45) is 4.97. The molecule has 0 fully saturated rings. The molecule has 0 saturated carbocycles. The second-order valence-electron chi connectivity index (χ2n) is 17.2. The van der Waals surface area contributed by atoms with Gasteiger partial charge in [0.2, 0.25) is 17.7 Å². The Kier molecular flexibility index (Phi) is 12.5. The molecule has 0 aliphatic carbocycles. The van der Waals surface area contributed by atoms with Crippen molar-refractivity contribution in [2.45, 2.75) is 38.7 Å². The molecule has 10 aromatic rings. The molecule has 5 N–H and O–H groups in total. The summed E-state index contributed by atoms with van der Waals surface area (Å²) in [5.74, 6) is 4.01. The molecule has 0 saturated heterocycles. The Morgan fingerprint density at radius 2 is 1.47 bits per heavy atom. The standard InChI is InChI=1S/C51H41N13O7S3/c1-27-57-49(63-61-27)46-36(9-13-72-46)58-42(65)18-29-6-8-39-41(16-29)70-23-33(71-39)19-31-24-74-51(45(31)48-53-25-55-62-48)60-44(67)20-30-3-2-4-35-34(30)21-32(22-52-35)64-50(54-26-56-64)47-37(10-14-73-47)59-43(66)17-28-5-7-38-40(15-28)69-12-11-68-38/h2-10,13-16,21-22,24-26,33H,11-12,17-20,23H2,1H3,(H,58,65)(H,59,66)(H,60,67)(H,53,55,62)(H,57,61,63). The van der Waals surface area contributed by atoms with Crippen molar-refractivity contribution in [1.29, 1.82) is 0 Å². The number of amides is 3. The number of rotatable bonds is 15. The average molecular weight is 1040 g/mol. The first-order valence-electron chi connectivity index (χ1n) is 23.2. The van der Waals surface area contributed by atoms with E-state index in [1.807, 2.05) is 95.9 Å². The van der Waals surface area contributed by atoms with Crippen LogP contribution in [0.25, 0.3) is 49.4 Å². The van der Waals surface area contributed by atoms with Gasteiger partial charge in [-0.15, -0.1) is 34.0 Å². The van der Waals surface area contributed by atoms with Gasteiger partial charge < -0.3 is 34.9 Å². The molecule has 1 unspecified atom stereocenters. The molecule has 0 bridgehead atoms. The minimum Gasteiger partial charge on any atom is -0.486 e. The van der Waals surface area contributed by atoms with Crippen LogP contribution in [0.2, 0.25) is 0 Å². The number of aryl methyl sites for hydroxylation is 1. The summed E-state index contributed by atoms with van der Waals surface area (Å²) >= 11 is 4.26. The number of anilines is 3. The average Bonchev–Trinajstić information content (AvgIpc) is 4.28. The fraction of sp³-hybridized carbons (Fsp3) is 0.176. The van der Waals surface area contributed by atoms with E-state index in [1.54, 1.807) is 10.9 Å². The molecule has 20 nitrogen and oxygen atoms in total. The van der Waals surface area contributed by atoms with Crippen LogP contribution in [0.15, 0.2) is 108 Å². The molecule has 0 radical (unpaired) electrons. The smallest absolute Gasteiger partial charge is 0.229 e. The molecule has 3 aromatic carbocycles. The van der Waals surface area contributed by atoms with Gasteiger partial charge in [0.1, 0.15) is 49.4 Å². The number of carbonyl (C=O) groups excluding carboxylic acids is 3. The molecule has 2 aliphatic rings. The van der Waals surface area contributed by atoms with Gasteiger partial charge in [0.05, 0.1) is 63.4 Å². The van der Waals surface area contributed by atoms with E-state index in [0.717, 1.165) is 32.5 Å². The van der Waals surface area contributed by atoms with Crippen LogP contribution in [0.5, 0.6) is 23.0 Å². The highest BCUT2D eigenvalue weighted by Gasteiger charge is 2.27. The number of hydrogen-bond donors (Lipinski definition) is 5. The summed E-state index contributed by atoms with van der Waals surface area (Å²) in [7, 11) is 0. The number of thiophene rings is 3. The molecular formula is C51H41N13O7S3. The fourth-order valence-electron chi connectivity index (χ4n) is 8.80. The van der Waals surface area contributed by atoms with Gasteiger partial charge in [-0.1, -0.05) is 24.3 Å². The number of benzene rings is 3. The highest BCUT2D eigenvalue weighted by atomic mass is 32.1. The molecule has 7 aromatic heterocycles. The Morgan fingerprint density at radius 3 is 2.24 bits per heavy atom. The Labute approximate surface area is 432 Å². The van der Waals surface area contributed by atoms with Gasteiger partial charge in [-0.2, -0.15) is 15.3 Å². The molecule has 23 heteroatoms. The number of nitrogens with one attached hydrogen (secondary N) is 5. The fourth-order valence-corrected chi connectivity index (χ4v) is 11.4. The van der Waals surface area contributed by atoms with E-state index in [4.69, 9.17) is 23.9 Å². The topological polar surface area (TPSA) is 251 Å². The summed E-state index contributed by atoms with van der Waals surface area (Å²) in [5, 5.41) is 35.0. The maximum Gasteiger partial charge on any atom is 0.229 e. The number of fused-ring (bicyclic) bond motifs is 3. The number of aromatic nitrogens is 10. The van der Waals surface area contributed by atoms with Crippen molar-refractivity contribution in [2.24, 2.45) is 0 Å². The molecular weight excluding hydrogens is 1000 g/mol. The van der Waals surface area contributed by atoms with E-state index in [1.165, 1.54) is 46.7 Å². The molecule has 2 aliphatic heterocycles. The van der Waals surface area contributed by atoms with E-state index in [0.29, 0.717) is 104 Å². The van der Waals surface area contributed by atoms with Crippen molar-refractivity contribution in [2.75, 3.05) is 35.8 Å². The van der Waals surface area contributed by atoms with E-state index in [2.05, 4.69) is 56.4 Å². The molecule has 370 valence electrons. The zero-order valence-corrected chi connectivity index (χ0v) is 41.5. The summed E-state index contributed by atoms with van der Waals surface area (Å²) < 4.78 is 25.7. The van der Waals surface area contributed by atoms with E-state index in [-0.39, 0.29) is 49.7 Å². The molecule has 3 amide bonds. The monoisotopic (exact) mass is 1040 g/mol. The predicted octanol–water partition coefficient (Wildman–Crippen LogP) is 8.24. The van der Waals surface area contributed by atoms with Gasteiger partial charge in [-0.3, -0.25) is 29.6 Å². The zero-order valence-electron chi connectivity index (χ0n) is 39.1. The molecule has 1 atom stereocenters. The SMILES string of the molecule is Cc1nc(-c2sccc2NC(=O)Cc2ccc3c(c2)OCC(Cc2csc(NC(=O)Cc4cccc5ncc(-n6ncnc6-c6sccc6NC(=O)Cc6ccc7c(c6)OCCO7)cc45)c2-c2ncn[nH]2)O3)n[nH]1. The van der Waals surface area contributed by atoms with Crippen molar-refractivity contribution in [1.82, 2.24) is 50.1 Å². The van der Waals surface area contributed by atoms with Gasteiger partial charge in [0, 0.05) is 11.8 Å². The van der Waals surface area contributed by atoms with Crippen molar-refractivity contribution < 1.29 is 33.3 Å². The Bertz CT molecular complexity index is 3730. The van der Waals surface area contributed by atoms with Crippen LogP contribution in [-0.4, -0.2) is 93.8 Å². The third-order valence-electron chi connectivity index (χ3n) is 12.1. The highest BCUT2D eigenvalue weighted by molar-refractivity contribution is 7.15. The van der Waals surface area contributed by atoms with Crippen LogP contribution in [0, 0.1) is 6.92 Å². The summed E-state index contributed by atoms with van der Waals surface area (Å²) in [4.78, 5) is 60.2. The van der Waals surface area contributed by atoms with Crippen molar-refractivity contribution in [3.63, 3.8) is 0 Å². The second-order valence-corrected chi connectivity index (χ2v) is 19.9. The van der Waals surface area contributed by atoms with Crippen LogP contribution in [-0.2, 0) is 40.1 Å². The number of ether oxygens (including phenoxy) is 4. The van der Waals surface area contributed by atoms with E-state index < -0.39 is 0 Å². The molecule has 0 spiro atoms. The first-order chi connectivity index (χ1) is 36.2. The third kappa shape index (κ3) is 9.65. The Morgan fingerprint density at radius 1 is 0.730 bits per heavy atom. The Hall–Kier alpha value is -8.80. The minimum absolute atomic E-state index is 0.0392. The Balaban J connectivity index is 0.711. The lowest BCUT2D eigenvalue weighted by atomic mass is 10.0. The molecule has 74 heavy (non-hydrogen) atoms. The second kappa shape index (κ2) is 20.0. The maximum absolute atomic E-state index is 14.0. The van der Waals surface area contributed by atoms with Gasteiger partial charge in [0.15, 0.2) is 40.5 Å². The van der Waals surface area contributed by atoms with E-state index >= 15 is 0 Å². The van der Waals surface area contributed by atoms with Gasteiger partial charge in [-0.25, -0.2) is 19.6 Å². The number of hydrogen-bond acceptors (Lipinski definition) is 17. The normalized spacial score (nSPS) is 13.7. The number of carbonyl (C=O) groups is 3. The van der Waals surface area contributed by atoms with Crippen LogP contribution >= 0.6 is 34.0 Å². The number of aromatic amines is 2. The number of H-pyrrole nitrogens is 2. The summed E-state index contributed by atoms with van der Waals surface area (Å²) in [6.45, 7) is 3.03. The van der Waals surface area contributed by atoms with Crippen molar-refractivity contribution >= 4 is 79.0 Å². The first kappa shape index (κ1) is 46.3. The first-order valence-corrected chi connectivity index (χ1v) is 25.9. The van der Waals surface area contributed by atoms with Crippen molar-refractivity contribution in [3.05, 3.63) is 136 Å². The van der Waals surface area contributed by atoms with Crippen LogP contribution in [0.4, 0.5) is 16.4 Å². The quantitative estimate of drug-likeness (QED) is 0.0649. The van der Waals surface area contributed by atoms with Gasteiger partial charge >= 0.3 is 0 Å². The number of nitrogens with zero attached hydrogens (tertiary/aromatic N) is 8. The largest absolute Gasteiger partial charge is 0.486 e. The van der Waals surface area contributed by atoms with Crippen LogP contribution in [0.3, 0.4) is 0 Å². The van der Waals surface area contributed by atoms with E-state index in [9.17, 15) is 14.4 Å². The molecule has 12 rings (SSSR count). The summed E-state index contributed by atoms with van der Waals surface area (Å²) in [6, 6.07) is 22.3. The third-order valence-corrected chi connectivity index (χ3v) is 14.9. The lowest BCUT2D eigenvalue weighted by molar-refractivity contribution is -0.116. The lowest BCUT2D eigenvalue weighted by Gasteiger charge is -2.27. The zero-order chi connectivity index (χ0) is 50.1. The highest BCUT2D eigenvalue weighted by Crippen LogP contribution is 2.40. The summed E-state index contributed by atoms with van der Waals surface area (Å²) in [5.41, 5.74) is 6.48. The lowest BCUT2D eigenvalue weighted by Crippen LogP contribution is -2.31. The van der Waals surface area contributed by atoms with Crippen molar-refractivity contribution in [3.8, 4) is 61.5 Å². The maximum atomic E-state index is 14.0. The number of pyridine rings is 1. The van der Waals surface area contributed by atoms with Gasteiger partial charge in [0.25, 0.3) is 0 Å². The van der Waals surface area contributed by atoms with Crippen LogP contribution < -0.4 is 34.9 Å². The minimum atomic E-state index is -0.363. The predicted molar refractivity (Wildman–Crippen MR) is 279 cm³/mol. The van der Waals surface area contributed by atoms with Gasteiger partial charge in [-0.05, 0) is 93.8 Å². The van der Waals surface area contributed by atoms with Crippen LogP contribution in [0.1, 0.15) is 28.1 Å².